The predicted octanol–water partition coefficient (Wildman–Crippen LogP) is 3.34. The van der Waals surface area contributed by atoms with E-state index in [2.05, 4.69) is 15.6 Å². The summed E-state index contributed by atoms with van der Waals surface area (Å²) >= 11 is 0. The summed E-state index contributed by atoms with van der Waals surface area (Å²) in [5.74, 6) is -0.653. The van der Waals surface area contributed by atoms with Gasteiger partial charge in [-0.2, -0.15) is 4.31 Å². The number of aromatic nitrogens is 2. The van der Waals surface area contributed by atoms with E-state index in [1.54, 1.807) is 65.8 Å². The first-order valence-corrected chi connectivity index (χ1v) is 12.6. The van der Waals surface area contributed by atoms with Gasteiger partial charge in [0, 0.05) is 49.7 Å². The molecule has 34 heavy (non-hydrogen) atoms. The van der Waals surface area contributed by atoms with Crippen molar-refractivity contribution in [1.29, 1.82) is 0 Å². The molecule has 2 aromatic carbocycles. The molecule has 0 bridgehead atoms. The Bertz CT molecular complexity index is 1250. The van der Waals surface area contributed by atoms with Gasteiger partial charge in [-0.1, -0.05) is 24.6 Å². The Morgan fingerprint density at radius 2 is 1.76 bits per heavy atom. The van der Waals surface area contributed by atoms with Crippen molar-refractivity contribution < 1.29 is 18.0 Å². The number of benzene rings is 2. The van der Waals surface area contributed by atoms with Crippen LogP contribution in [0.1, 0.15) is 36.0 Å². The Balaban J connectivity index is 1.45. The van der Waals surface area contributed by atoms with Crippen molar-refractivity contribution in [2.75, 3.05) is 23.7 Å². The van der Waals surface area contributed by atoms with Gasteiger partial charge in [0.1, 0.15) is 4.90 Å². The average Bonchev–Trinajstić information content (AvgIpc) is 3.37. The van der Waals surface area contributed by atoms with Crippen LogP contribution in [0, 0.1) is 0 Å². The highest BCUT2D eigenvalue weighted by molar-refractivity contribution is 7.89. The molecular weight excluding hydrogens is 454 g/mol. The lowest BCUT2D eigenvalue weighted by molar-refractivity contribution is -0.116. The summed E-state index contributed by atoms with van der Waals surface area (Å²) < 4.78 is 29.6. The predicted molar refractivity (Wildman–Crippen MR) is 129 cm³/mol. The normalized spacial score (nSPS) is 14.5. The minimum atomic E-state index is -3.71. The van der Waals surface area contributed by atoms with Crippen molar-refractivity contribution in [2.24, 2.45) is 0 Å². The number of aryl methyl sites for hydroxylation is 1. The van der Waals surface area contributed by atoms with E-state index >= 15 is 0 Å². The van der Waals surface area contributed by atoms with Crippen molar-refractivity contribution in [3.05, 3.63) is 72.8 Å². The lowest BCUT2D eigenvalue weighted by Crippen LogP contribution is -2.36. The van der Waals surface area contributed by atoms with Crippen LogP contribution in [0.5, 0.6) is 0 Å². The molecule has 0 aliphatic carbocycles. The summed E-state index contributed by atoms with van der Waals surface area (Å²) in [6.45, 7) is 1.45. The molecule has 9 nitrogen and oxygen atoms in total. The molecule has 0 spiro atoms. The molecule has 0 atom stereocenters. The first-order valence-electron chi connectivity index (χ1n) is 11.2. The molecule has 10 heteroatoms. The molecule has 1 aliphatic heterocycles. The zero-order chi connectivity index (χ0) is 24.0. The van der Waals surface area contributed by atoms with Crippen LogP contribution in [0.3, 0.4) is 0 Å². The molecule has 0 saturated carbocycles. The Hall–Kier alpha value is -3.50. The van der Waals surface area contributed by atoms with Crippen LogP contribution < -0.4 is 10.6 Å². The number of sulfonamides is 1. The van der Waals surface area contributed by atoms with Crippen molar-refractivity contribution in [2.45, 2.75) is 37.1 Å². The van der Waals surface area contributed by atoms with Gasteiger partial charge in [-0.15, -0.1) is 0 Å². The molecule has 3 aromatic rings. The molecule has 0 unspecified atom stereocenters. The summed E-state index contributed by atoms with van der Waals surface area (Å²) in [4.78, 5) is 29.2. The molecular formula is C24H27N5O4S. The zero-order valence-corrected chi connectivity index (χ0v) is 19.5. The number of nitrogens with zero attached hydrogens (tertiary/aromatic N) is 3. The Kier molecular flexibility index (Phi) is 7.39. The van der Waals surface area contributed by atoms with Crippen LogP contribution in [-0.4, -0.2) is 47.2 Å². The van der Waals surface area contributed by atoms with Gasteiger partial charge in [0.25, 0.3) is 5.91 Å². The third-order valence-corrected chi connectivity index (χ3v) is 7.59. The number of anilines is 2. The number of hydrogen-bond donors (Lipinski definition) is 2. The lowest BCUT2D eigenvalue weighted by Gasteiger charge is -2.26. The van der Waals surface area contributed by atoms with E-state index in [0.717, 1.165) is 19.3 Å². The second kappa shape index (κ2) is 10.6. The van der Waals surface area contributed by atoms with Crippen LogP contribution in [0.25, 0.3) is 0 Å². The largest absolute Gasteiger partial charge is 0.337 e. The highest BCUT2D eigenvalue weighted by atomic mass is 32.2. The van der Waals surface area contributed by atoms with E-state index in [-0.39, 0.29) is 22.9 Å². The summed E-state index contributed by atoms with van der Waals surface area (Å²) in [7, 11) is -3.71. The molecule has 2 amide bonds. The van der Waals surface area contributed by atoms with Crippen LogP contribution >= 0.6 is 0 Å². The van der Waals surface area contributed by atoms with Gasteiger partial charge in [0.2, 0.25) is 15.9 Å². The van der Waals surface area contributed by atoms with Gasteiger partial charge in [-0.3, -0.25) is 9.59 Å². The fourth-order valence-corrected chi connectivity index (χ4v) is 5.51. The van der Waals surface area contributed by atoms with Crippen molar-refractivity contribution in [1.82, 2.24) is 13.9 Å². The SMILES string of the molecule is O=C(CCn1ccnc1)Nc1cccc(C(=O)Nc2ccccc2S(=O)(=O)N2CCCCC2)c1. The third-order valence-electron chi connectivity index (χ3n) is 5.63. The van der Waals surface area contributed by atoms with E-state index in [1.807, 2.05) is 0 Å². The van der Waals surface area contributed by atoms with E-state index in [0.29, 0.717) is 30.9 Å². The molecule has 1 fully saturated rings. The Morgan fingerprint density at radius 1 is 0.971 bits per heavy atom. The van der Waals surface area contributed by atoms with Gasteiger partial charge in [-0.05, 0) is 43.2 Å². The van der Waals surface area contributed by atoms with Gasteiger partial charge in [0.15, 0.2) is 0 Å². The van der Waals surface area contributed by atoms with Crippen LogP contribution in [0.15, 0.2) is 72.1 Å². The first kappa shape index (κ1) is 23.7. The lowest BCUT2D eigenvalue weighted by atomic mass is 10.1. The number of imidazole rings is 1. The van der Waals surface area contributed by atoms with Crippen molar-refractivity contribution >= 4 is 33.2 Å². The fraction of sp³-hybridized carbons (Fsp3) is 0.292. The number of hydrogen-bond acceptors (Lipinski definition) is 5. The van der Waals surface area contributed by atoms with E-state index in [4.69, 9.17) is 0 Å². The highest BCUT2D eigenvalue weighted by Gasteiger charge is 2.28. The molecule has 1 aromatic heterocycles. The topological polar surface area (TPSA) is 113 Å². The third kappa shape index (κ3) is 5.70. The molecule has 0 radical (unpaired) electrons. The summed E-state index contributed by atoms with van der Waals surface area (Å²) in [5.41, 5.74) is 1.02. The van der Waals surface area contributed by atoms with Gasteiger partial charge >= 0.3 is 0 Å². The van der Waals surface area contributed by atoms with Crippen molar-refractivity contribution in [3.8, 4) is 0 Å². The Labute approximate surface area is 198 Å². The van der Waals surface area contributed by atoms with E-state index in [1.165, 1.54) is 10.4 Å². The van der Waals surface area contributed by atoms with Crippen molar-refractivity contribution in [3.63, 3.8) is 0 Å². The first-order chi connectivity index (χ1) is 16.4. The van der Waals surface area contributed by atoms with Gasteiger partial charge in [-0.25, -0.2) is 13.4 Å². The fourth-order valence-electron chi connectivity index (χ4n) is 3.84. The minimum absolute atomic E-state index is 0.0780. The second-order valence-corrected chi connectivity index (χ2v) is 10.0. The number of piperidine rings is 1. The average molecular weight is 482 g/mol. The number of rotatable bonds is 8. The molecule has 2 N–H and O–H groups in total. The van der Waals surface area contributed by atoms with Crippen LogP contribution in [-0.2, 0) is 21.4 Å². The zero-order valence-electron chi connectivity index (χ0n) is 18.7. The smallest absolute Gasteiger partial charge is 0.255 e. The number of para-hydroxylation sites is 1. The van der Waals surface area contributed by atoms with E-state index < -0.39 is 15.9 Å². The molecule has 1 aliphatic rings. The molecule has 1 saturated heterocycles. The Morgan fingerprint density at radius 3 is 2.53 bits per heavy atom. The summed E-state index contributed by atoms with van der Waals surface area (Å²) in [6, 6.07) is 12.9. The standard InChI is InChI=1S/C24H27N5O4S/c30-23(11-15-28-16-12-25-18-28)26-20-8-6-7-19(17-20)24(31)27-21-9-2-3-10-22(21)34(32,33)29-13-4-1-5-14-29/h2-3,6-10,12,16-18H,1,4-5,11,13-15H2,(H,26,30)(H,27,31). The van der Waals surface area contributed by atoms with Crippen LogP contribution in [0.4, 0.5) is 11.4 Å². The number of nitrogens with one attached hydrogen (secondary N) is 2. The number of carbonyl (C=O) groups is 2. The number of carbonyl (C=O) groups excluding carboxylic acids is 2. The summed E-state index contributed by atoms with van der Waals surface area (Å²) in [5, 5.41) is 5.52. The monoisotopic (exact) mass is 481 g/mol. The highest BCUT2D eigenvalue weighted by Crippen LogP contribution is 2.27. The van der Waals surface area contributed by atoms with Gasteiger partial charge in [0.05, 0.1) is 12.0 Å². The second-order valence-electron chi connectivity index (χ2n) is 8.09. The molecule has 2 heterocycles. The maximum Gasteiger partial charge on any atom is 0.255 e. The molecule has 178 valence electrons. The maximum atomic E-state index is 13.2. The minimum Gasteiger partial charge on any atom is -0.337 e. The van der Waals surface area contributed by atoms with Gasteiger partial charge < -0.3 is 15.2 Å². The quantitative estimate of drug-likeness (QED) is 0.512. The summed E-state index contributed by atoms with van der Waals surface area (Å²) in [6.07, 6.45) is 8.00. The maximum absolute atomic E-state index is 13.2. The number of amides is 2. The van der Waals surface area contributed by atoms with E-state index in [9.17, 15) is 18.0 Å². The molecule has 4 rings (SSSR count). The van der Waals surface area contributed by atoms with Crippen LogP contribution in [0.2, 0.25) is 0 Å².